The maximum absolute atomic E-state index is 12.2. The summed E-state index contributed by atoms with van der Waals surface area (Å²) in [6.07, 6.45) is 1.82. The molecule has 1 amide bonds. The van der Waals surface area contributed by atoms with E-state index in [0.717, 1.165) is 6.26 Å². The predicted octanol–water partition coefficient (Wildman–Crippen LogP) is 1.26. The second kappa shape index (κ2) is 6.75. The van der Waals surface area contributed by atoms with Gasteiger partial charge >= 0.3 is 0 Å². The van der Waals surface area contributed by atoms with Crippen LogP contribution < -0.4 is 5.32 Å². The average molecular weight is 328 g/mol. The third kappa shape index (κ3) is 4.51. The molecule has 0 bridgehead atoms. The fourth-order valence-corrected chi connectivity index (χ4v) is 3.08. The first kappa shape index (κ1) is 18.6. The third-order valence-corrected chi connectivity index (χ3v) is 4.65. The van der Waals surface area contributed by atoms with Gasteiger partial charge in [-0.15, -0.1) is 0 Å². The van der Waals surface area contributed by atoms with Crippen molar-refractivity contribution in [3.8, 4) is 0 Å². The van der Waals surface area contributed by atoms with Crippen LogP contribution in [0, 0.1) is 11.3 Å². The number of sulfone groups is 1. The molecule has 0 spiro atoms. The number of amides is 1. The molecule has 0 saturated heterocycles. The highest BCUT2D eigenvalue weighted by molar-refractivity contribution is 7.90. The van der Waals surface area contributed by atoms with Crippen LogP contribution in [0.25, 0.3) is 0 Å². The van der Waals surface area contributed by atoms with Gasteiger partial charge < -0.3 is 10.4 Å². The molecule has 6 nitrogen and oxygen atoms in total. The van der Waals surface area contributed by atoms with Crippen molar-refractivity contribution < 1.29 is 18.3 Å². The van der Waals surface area contributed by atoms with Crippen LogP contribution in [0.15, 0.2) is 23.2 Å². The highest BCUT2D eigenvalue weighted by Gasteiger charge is 2.31. The Labute approximate surface area is 131 Å². The highest BCUT2D eigenvalue weighted by Crippen LogP contribution is 2.25. The van der Waals surface area contributed by atoms with Gasteiger partial charge in [0, 0.05) is 24.4 Å². The normalized spacial score (nSPS) is 14.0. The summed E-state index contributed by atoms with van der Waals surface area (Å²) in [6, 6.07) is 2.82. The van der Waals surface area contributed by atoms with Crippen molar-refractivity contribution in [3.63, 3.8) is 0 Å². The Morgan fingerprint density at radius 1 is 1.41 bits per heavy atom. The van der Waals surface area contributed by atoms with E-state index in [4.69, 9.17) is 0 Å². The van der Waals surface area contributed by atoms with Crippen molar-refractivity contribution >= 4 is 15.7 Å². The number of hydrogen-bond donors (Lipinski definition) is 2. The van der Waals surface area contributed by atoms with E-state index in [1.54, 1.807) is 0 Å². The fourth-order valence-electron chi connectivity index (χ4n) is 2.26. The monoisotopic (exact) mass is 328 g/mol. The van der Waals surface area contributed by atoms with Crippen molar-refractivity contribution in [1.82, 2.24) is 10.3 Å². The molecule has 0 unspecified atom stereocenters. The Balaban J connectivity index is 2.92. The predicted molar refractivity (Wildman–Crippen MR) is 84.3 cm³/mol. The minimum Gasteiger partial charge on any atom is -0.392 e. The van der Waals surface area contributed by atoms with Crippen molar-refractivity contribution in [2.24, 2.45) is 11.3 Å². The smallest absolute Gasteiger partial charge is 0.271 e. The summed E-state index contributed by atoms with van der Waals surface area (Å²) < 4.78 is 23.4. The summed E-state index contributed by atoms with van der Waals surface area (Å²) in [7, 11) is -3.53. The lowest BCUT2D eigenvalue weighted by atomic mass is 9.80. The van der Waals surface area contributed by atoms with Crippen molar-refractivity contribution in [2.45, 2.75) is 38.7 Å². The van der Waals surface area contributed by atoms with Crippen molar-refractivity contribution in [1.29, 1.82) is 0 Å². The molecule has 0 fully saturated rings. The minimum atomic E-state index is -3.53. The van der Waals surface area contributed by atoms with Gasteiger partial charge in [0.2, 0.25) is 0 Å². The number of rotatable bonds is 6. The van der Waals surface area contributed by atoms with Gasteiger partial charge in [0.05, 0.1) is 11.0 Å². The summed E-state index contributed by atoms with van der Waals surface area (Å²) in [6.45, 7) is 7.69. The standard InChI is InChI=1S/C15H24N2O4S/c1-10(2)13(18)15(3,4)9-17-14(19)12-11(22(5,20)21)7-6-8-16-12/h6-8,10,13,18H,9H2,1-5H3,(H,17,19)/t13-/m0/s1. The first-order valence-corrected chi connectivity index (χ1v) is 8.97. The van der Waals surface area contributed by atoms with Gasteiger partial charge in [-0.3, -0.25) is 4.79 Å². The van der Waals surface area contributed by atoms with E-state index in [1.807, 2.05) is 27.7 Å². The number of carbonyl (C=O) groups excluding carboxylic acids is 1. The zero-order valence-electron chi connectivity index (χ0n) is 13.6. The Morgan fingerprint density at radius 2 is 2.00 bits per heavy atom. The SMILES string of the molecule is CC(C)[C@H](O)C(C)(C)CNC(=O)c1ncccc1S(C)(=O)=O. The van der Waals surface area contributed by atoms with Crippen LogP contribution in [0.3, 0.4) is 0 Å². The lowest BCUT2D eigenvalue weighted by Crippen LogP contribution is -2.43. The van der Waals surface area contributed by atoms with Gasteiger partial charge in [0.15, 0.2) is 9.84 Å². The zero-order valence-corrected chi connectivity index (χ0v) is 14.4. The molecular weight excluding hydrogens is 304 g/mol. The van der Waals surface area contributed by atoms with Gasteiger partial charge in [0.25, 0.3) is 5.91 Å². The van der Waals surface area contributed by atoms with Crippen LogP contribution in [0.5, 0.6) is 0 Å². The molecule has 1 heterocycles. The van der Waals surface area contributed by atoms with Crippen LogP contribution in [0.4, 0.5) is 0 Å². The molecule has 1 aromatic rings. The quantitative estimate of drug-likeness (QED) is 0.819. The zero-order chi connectivity index (χ0) is 17.1. The molecule has 1 rings (SSSR count). The summed E-state index contributed by atoms with van der Waals surface area (Å²) in [5, 5.41) is 12.8. The number of aliphatic hydroxyl groups excluding tert-OH is 1. The van der Waals surface area contributed by atoms with E-state index in [9.17, 15) is 18.3 Å². The number of nitrogens with one attached hydrogen (secondary N) is 1. The molecule has 0 aliphatic carbocycles. The van der Waals surface area contributed by atoms with Crippen LogP contribution in [0.2, 0.25) is 0 Å². The van der Waals surface area contributed by atoms with E-state index in [1.165, 1.54) is 18.3 Å². The van der Waals surface area contributed by atoms with Crippen LogP contribution in [-0.2, 0) is 9.84 Å². The maximum Gasteiger partial charge on any atom is 0.271 e. The largest absolute Gasteiger partial charge is 0.392 e. The van der Waals surface area contributed by atoms with Crippen LogP contribution in [0.1, 0.15) is 38.2 Å². The van der Waals surface area contributed by atoms with E-state index in [-0.39, 0.29) is 23.1 Å². The lowest BCUT2D eigenvalue weighted by molar-refractivity contribution is 0.0137. The Kier molecular flexibility index (Phi) is 5.70. The molecule has 0 aromatic carbocycles. The number of hydrogen-bond acceptors (Lipinski definition) is 5. The van der Waals surface area contributed by atoms with Gasteiger partial charge in [-0.05, 0) is 18.1 Å². The minimum absolute atomic E-state index is 0.0494. The summed E-state index contributed by atoms with van der Waals surface area (Å²) in [5.74, 6) is -0.515. The fraction of sp³-hybridized carbons (Fsp3) is 0.600. The topological polar surface area (TPSA) is 96.4 Å². The maximum atomic E-state index is 12.2. The molecule has 22 heavy (non-hydrogen) atoms. The summed E-state index contributed by atoms with van der Waals surface area (Å²) in [5.41, 5.74) is -0.663. The molecule has 0 aliphatic heterocycles. The Bertz CT molecular complexity index is 639. The summed E-state index contributed by atoms with van der Waals surface area (Å²) in [4.78, 5) is 16.0. The number of aliphatic hydroxyl groups is 1. The average Bonchev–Trinajstić information content (AvgIpc) is 2.43. The number of pyridine rings is 1. The van der Waals surface area contributed by atoms with E-state index in [0.29, 0.717) is 0 Å². The molecule has 2 N–H and O–H groups in total. The molecular formula is C15H24N2O4S. The number of carbonyl (C=O) groups is 1. The molecule has 0 radical (unpaired) electrons. The highest BCUT2D eigenvalue weighted by atomic mass is 32.2. The molecule has 1 atom stereocenters. The van der Waals surface area contributed by atoms with Gasteiger partial charge in [-0.2, -0.15) is 0 Å². The lowest BCUT2D eigenvalue weighted by Gasteiger charge is -2.33. The molecule has 0 aliphatic rings. The van der Waals surface area contributed by atoms with Gasteiger partial charge in [-0.1, -0.05) is 27.7 Å². The van der Waals surface area contributed by atoms with E-state index >= 15 is 0 Å². The van der Waals surface area contributed by atoms with Gasteiger partial charge in [0.1, 0.15) is 5.69 Å². The molecule has 1 aromatic heterocycles. The third-order valence-electron chi connectivity index (χ3n) is 3.52. The van der Waals surface area contributed by atoms with E-state index in [2.05, 4.69) is 10.3 Å². The van der Waals surface area contributed by atoms with Crippen molar-refractivity contribution in [3.05, 3.63) is 24.0 Å². The van der Waals surface area contributed by atoms with Crippen LogP contribution in [-0.4, -0.2) is 43.3 Å². The summed E-state index contributed by atoms with van der Waals surface area (Å²) >= 11 is 0. The molecule has 0 saturated carbocycles. The Morgan fingerprint density at radius 3 is 2.50 bits per heavy atom. The second-order valence-corrected chi connectivity index (χ2v) is 8.47. The van der Waals surface area contributed by atoms with Gasteiger partial charge in [-0.25, -0.2) is 13.4 Å². The second-order valence-electron chi connectivity index (χ2n) is 6.48. The first-order chi connectivity index (χ1) is 9.97. The van der Waals surface area contributed by atoms with Crippen LogP contribution >= 0.6 is 0 Å². The number of nitrogens with zero attached hydrogens (tertiary/aromatic N) is 1. The molecule has 124 valence electrons. The first-order valence-electron chi connectivity index (χ1n) is 7.08. The van der Waals surface area contributed by atoms with E-state index < -0.39 is 27.3 Å². The number of aromatic nitrogens is 1. The molecule has 7 heteroatoms. The Hall–Kier alpha value is -1.47. The van der Waals surface area contributed by atoms with Crippen molar-refractivity contribution in [2.75, 3.05) is 12.8 Å².